The topological polar surface area (TPSA) is 63.6 Å². The highest BCUT2D eigenvalue weighted by atomic mass is 16.2. The van der Waals surface area contributed by atoms with E-state index in [0.29, 0.717) is 18.3 Å². The van der Waals surface area contributed by atoms with Gasteiger partial charge in [-0.15, -0.1) is 0 Å². The Balaban J connectivity index is 1.42. The number of anilines is 1. The number of likely N-dealkylation sites (tertiary alicyclic amines) is 1. The fourth-order valence-corrected chi connectivity index (χ4v) is 4.02. The molecule has 2 atom stereocenters. The summed E-state index contributed by atoms with van der Waals surface area (Å²) in [5.74, 6) is 2.05. The molecule has 1 aromatic rings. The van der Waals surface area contributed by atoms with Crippen molar-refractivity contribution in [1.29, 1.82) is 0 Å². The summed E-state index contributed by atoms with van der Waals surface area (Å²) >= 11 is 0. The highest BCUT2D eigenvalue weighted by Crippen LogP contribution is 2.36. The van der Waals surface area contributed by atoms with Crippen LogP contribution in [0.15, 0.2) is 30.0 Å². The van der Waals surface area contributed by atoms with E-state index in [1.165, 1.54) is 5.57 Å². The largest absolute Gasteiger partial charge is 0.338 e. The van der Waals surface area contributed by atoms with Gasteiger partial charge in [0, 0.05) is 30.3 Å². The lowest BCUT2D eigenvalue weighted by molar-refractivity contribution is -0.361. The highest BCUT2D eigenvalue weighted by molar-refractivity contribution is 5.93. The Morgan fingerprint density at radius 1 is 1.38 bits per heavy atom. The summed E-state index contributed by atoms with van der Waals surface area (Å²) in [6.45, 7) is 3.89. The first-order valence-corrected chi connectivity index (χ1v) is 8.57. The van der Waals surface area contributed by atoms with Crippen LogP contribution in [-0.4, -0.2) is 29.8 Å². The molecule has 1 fully saturated rings. The van der Waals surface area contributed by atoms with Gasteiger partial charge in [0.2, 0.25) is 5.91 Å². The predicted molar refractivity (Wildman–Crippen MR) is 90.9 cm³/mol. The maximum absolute atomic E-state index is 12.4. The number of nitrogens with zero attached hydrogens (tertiary/aromatic N) is 1. The number of hydrogen-bond acceptors (Lipinski definition) is 2. The van der Waals surface area contributed by atoms with Gasteiger partial charge in [0.25, 0.3) is 5.82 Å². The van der Waals surface area contributed by atoms with Crippen molar-refractivity contribution >= 4 is 23.7 Å². The molecule has 0 bridgehead atoms. The van der Waals surface area contributed by atoms with Gasteiger partial charge in [0.15, 0.2) is 0 Å². The number of aromatic amines is 1. The minimum Gasteiger partial charge on any atom is -0.338 e. The van der Waals surface area contributed by atoms with Crippen molar-refractivity contribution in [1.82, 2.24) is 4.90 Å². The van der Waals surface area contributed by atoms with Gasteiger partial charge < -0.3 is 4.90 Å². The number of aryl methyl sites for hydroxylation is 1. The molecule has 0 radical (unpaired) electrons. The van der Waals surface area contributed by atoms with E-state index in [-0.39, 0.29) is 11.8 Å². The summed E-state index contributed by atoms with van der Waals surface area (Å²) < 4.78 is 0. The van der Waals surface area contributed by atoms with Crippen LogP contribution in [0.3, 0.4) is 0 Å². The van der Waals surface area contributed by atoms with Gasteiger partial charge in [-0.1, -0.05) is 11.6 Å². The summed E-state index contributed by atoms with van der Waals surface area (Å²) in [5.41, 5.74) is 3.50. The standard InChI is InChI=1S/C19H21N3O2/c1-12-6-15-10-22(11-16(15)7-12)18(24)5-2-13-8-14-3-4-17(23)21-19(14)20-9-13/h2,5-6,8-9,15-16H,3-4,7,10-11H2,1H3,(H,20,21,23)/p+1/b5-2+. The molecule has 0 aromatic carbocycles. The van der Waals surface area contributed by atoms with Crippen LogP contribution in [0.25, 0.3) is 6.08 Å². The zero-order valence-electron chi connectivity index (χ0n) is 13.8. The average Bonchev–Trinajstić information content (AvgIpc) is 3.10. The second-order valence-electron chi connectivity index (χ2n) is 7.10. The number of amides is 2. The van der Waals surface area contributed by atoms with Crippen molar-refractivity contribution in [2.45, 2.75) is 26.2 Å². The first kappa shape index (κ1) is 15.1. The molecule has 2 unspecified atom stereocenters. The van der Waals surface area contributed by atoms with Gasteiger partial charge in [-0.25, -0.2) is 15.1 Å². The van der Waals surface area contributed by atoms with Crippen LogP contribution in [0, 0.1) is 11.8 Å². The third-order valence-corrected chi connectivity index (χ3v) is 5.24. The van der Waals surface area contributed by atoms with E-state index >= 15 is 0 Å². The van der Waals surface area contributed by atoms with Gasteiger partial charge >= 0.3 is 5.91 Å². The van der Waals surface area contributed by atoms with E-state index in [2.05, 4.69) is 23.3 Å². The van der Waals surface area contributed by atoms with Crippen molar-refractivity contribution in [3.05, 3.63) is 41.1 Å². The number of fused-ring (bicyclic) bond motifs is 2. The third kappa shape index (κ3) is 2.86. The molecule has 0 spiro atoms. The average molecular weight is 324 g/mol. The molecule has 2 amide bonds. The second-order valence-corrected chi connectivity index (χ2v) is 7.10. The SMILES string of the molecule is CC1=CC2CN(C(=O)/C=C/c3c[nH+]c4c(c3)CCC(=O)N4)CC2C1. The Kier molecular flexibility index (Phi) is 3.71. The maximum Gasteiger partial charge on any atom is 0.307 e. The predicted octanol–water partition coefficient (Wildman–Crippen LogP) is 1.82. The molecule has 0 saturated carbocycles. The molecule has 3 aliphatic rings. The molecule has 1 aromatic heterocycles. The Morgan fingerprint density at radius 2 is 2.25 bits per heavy atom. The van der Waals surface area contributed by atoms with Gasteiger partial charge in [-0.2, -0.15) is 0 Å². The molecule has 24 heavy (non-hydrogen) atoms. The number of hydrogen-bond donors (Lipinski definition) is 1. The Bertz CT molecular complexity index is 766. The molecule has 1 aliphatic carbocycles. The van der Waals surface area contributed by atoms with Crippen molar-refractivity contribution in [3.8, 4) is 0 Å². The summed E-state index contributed by atoms with van der Waals surface area (Å²) in [4.78, 5) is 28.8. The zero-order valence-corrected chi connectivity index (χ0v) is 13.8. The first-order valence-electron chi connectivity index (χ1n) is 8.57. The monoisotopic (exact) mass is 324 g/mol. The molecule has 2 N–H and O–H groups in total. The number of allylic oxidation sites excluding steroid dienone is 1. The molecule has 1 saturated heterocycles. The van der Waals surface area contributed by atoms with Crippen LogP contribution in [0.5, 0.6) is 0 Å². The van der Waals surface area contributed by atoms with Gasteiger partial charge in [-0.3, -0.25) is 4.79 Å². The number of carbonyl (C=O) groups is 2. The number of H-pyrrole nitrogens is 1. The van der Waals surface area contributed by atoms with Crippen LogP contribution >= 0.6 is 0 Å². The number of carbonyl (C=O) groups excluding carboxylic acids is 2. The quantitative estimate of drug-likeness (QED) is 0.666. The minimum atomic E-state index is 0.0427. The molecule has 2 aliphatic heterocycles. The van der Waals surface area contributed by atoms with E-state index in [1.54, 1.807) is 6.08 Å². The van der Waals surface area contributed by atoms with Crippen molar-refractivity contribution in [2.24, 2.45) is 11.8 Å². The summed E-state index contributed by atoms with van der Waals surface area (Å²) in [5, 5.41) is 2.82. The number of aromatic nitrogens is 1. The lowest BCUT2D eigenvalue weighted by atomic mass is 10.00. The number of rotatable bonds is 2. The first-order chi connectivity index (χ1) is 11.6. The van der Waals surface area contributed by atoms with E-state index < -0.39 is 0 Å². The molecular weight excluding hydrogens is 302 g/mol. The van der Waals surface area contributed by atoms with Gasteiger partial charge in [0.1, 0.15) is 0 Å². The lowest BCUT2D eigenvalue weighted by Gasteiger charge is -2.14. The van der Waals surface area contributed by atoms with Gasteiger partial charge in [-0.05, 0) is 43.7 Å². The zero-order chi connectivity index (χ0) is 16.7. The Morgan fingerprint density at radius 3 is 3.08 bits per heavy atom. The van der Waals surface area contributed by atoms with Gasteiger partial charge in [0.05, 0.1) is 12.6 Å². The number of nitrogens with one attached hydrogen (secondary N) is 2. The highest BCUT2D eigenvalue weighted by Gasteiger charge is 2.36. The van der Waals surface area contributed by atoms with Crippen LogP contribution in [-0.2, 0) is 16.0 Å². The lowest BCUT2D eigenvalue weighted by Crippen LogP contribution is -2.27. The van der Waals surface area contributed by atoms with E-state index in [0.717, 1.165) is 42.9 Å². The van der Waals surface area contributed by atoms with E-state index in [1.807, 2.05) is 23.2 Å². The van der Waals surface area contributed by atoms with E-state index in [4.69, 9.17) is 0 Å². The van der Waals surface area contributed by atoms with Crippen LogP contribution in [0.2, 0.25) is 0 Å². The molecule has 5 nitrogen and oxygen atoms in total. The summed E-state index contributed by atoms with van der Waals surface area (Å²) in [6, 6.07) is 2.03. The Labute approximate surface area is 141 Å². The smallest absolute Gasteiger partial charge is 0.307 e. The second kappa shape index (κ2) is 5.89. The Hall–Kier alpha value is -2.43. The van der Waals surface area contributed by atoms with Crippen molar-refractivity contribution < 1.29 is 14.6 Å². The van der Waals surface area contributed by atoms with E-state index in [9.17, 15) is 9.59 Å². The third-order valence-electron chi connectivity index (χ3n) is 5.24. The summed E-state index contributed by atoms with van der Waals surface area (Å²) in [7, 11) is 0. The molecule has 5 heteroatoms. The van der Waals surface area contributed by atoms with Crippen molar-refractivity contribution in [2.75, 3.05) is 18.4 Å². The van der Waals surface area contributed by atoms with Crippen LogP contribution in [0.1, 0.15) is 30.9 Å². The van der Waals surface area contributed by atoms with Crippen molar-refractivity contribution in [3.63, 3.8) is 0 Å². The minimum absolute atomic E-state index is 0.0427. The van der Waals surface area contributed by atoms with Crippen LogP contribution < -0.4 is 10.3 Å². The molecule has 124 valence electrons. The molecule has 3 heterocycles. The number of pyridine rings is 1. The maximum atomic E-state index is 12.4. The fraction of sp³-hybridized carbons (Fsp3) is 0.421. The molecular formula is C19H22N3O2+. The normalized spacial score (nSPS) is 25.5. The fourth-order valence-electron chi connectivity index (χ4n) is 4.02. The van der Waals surface area contributed by atoms with Crippen LogP contribution in [0.4, 0.5) is 5.82 Å². The summed E-state index contributed by atoms with van der Waals surface area (Å²) in [6.07, 6.45) is 10.0. The molecule has 4 rings (SSSR count).